The van der Waals surface area contributed by atoms with Crippen LogP contribution in [0.1, 0.15) is 20.3 Å². The van der Waals surface area contributed by atoms with Crippen LogP contribution in [0.3, 0.4) is 0 Å². The largest absolute Gasteiger partial charge is 0.381 e. The summed E-state index contributed by atoms with van der Waals surface area (Å²) in [5, 5.41) is 0. The van der Waals surface area contributed by atoms with Gasteiger partial charge < -0.3 is 9.47 Å². The molecule has 2 nitrogen and oxygen atoms in total. The molecule has 0 amide bonds. The van der Waals surface area contributed by atoms with E-state index in [4.69, 9.17) is 9.47 Å². The van der Waals surface area contributed by atoms with E-state index in [0.717, 1.165) is 32.8 Å². The van der Waals surface area contributed by atoms with Gasteiger partial charge in [0.15, 0.2) is 0 Å². The highest BCUT2D eigenvalue weighted by Crippen LogP contribution is 2.28. The first kappa shape index (κ1) is 11.5. The predicted octanol–water partition coefficient (Wildman–Crippen LogP) is 2.56. The molecule has 14 heavy (non-hydrogen) atoms. The second-order valence-electron chi connectivity index (χ2n) is 3.63. The van der Waals surface area contributed by atoms with Gasteiger partial charge in [-0.2, -0.15) is 0 Å². The number of hydrogen-bond acceptors (Lipinski definition) is 2. The smallest absolute Gasteiger partial charge is 0.0582 e. The summed E-state index contributed by atoms with van der Waals surface area (Å²) < 4.78 is 11.0. The lowest BCUT2D eigenvalue weighted by molar-refractivity contribution is 0.0106. The van der Waals surface area contributed by atoms with Gasteiger partial charge >= 0.3 is 0 Å². The van der Waals surface area contributed by atoms with Crippen molar-refractivity contribution in [3.05, 3.63) is 24.3 Å². The average Bonchev–Trinajstić information content (AvgIpc) is 2.25. The molecule has 2 heteroatoms. The van der Waals surface area contributed by atoms with Crippen molar-refractivity contribution in [1.29, 1.82) is 0 Å². The van der Waals surface area contributed by atoms with Crippen LogP contribution in [-0.2, 0) is 9.47 Å². The van der Waals surface area contributed by atoms with Crippen LogP contribution in [0.5, 0.6) is 0 Å². The van der Waals surface area contributed by atoms with Crippen LogP contribution in [0.25, 0.3) is 0 Å². The Kier molecular flexibility index (Phi) is 4.91. The van der Waals surface area contributed by atoms with Gasteiger partial charge in [0.25, 0.3) is 0 Å². The number of hydrogen-bond donors (Lipinski definition) is 0. The van der Waals surface area contributed by atoms with Gasteiger partial charge in [0.2, 0.25) is 0 Å². The molecule has 0 fully saturated rings. The van der Waals surface area contributed by atoms with Crippen LogP contribution >= 0.6 is 0 Å². The highest BCUT2D eigenvalue weighted by molar-refractivity contribution is 5.16. The zero-order chi connectivity index (χ0) is 10.3. The van der Waals surface area contributed by atoms with Crippen molar-refractivity contribution in [2.45, 2.75) is 20.3 Å². The fourth-order valence-corrected chi connectivity index (χ4v) is 1.58. The molecular weight excluding hydrogens is 176 g/mol. The van der Waals surface area contributed by atoms with Crippen LogP contribution in [0.4, 0.5) is 0 Å². The quantitative estimate of drug-likeness (QED) is 0.650. The second-order valence-corrected chi connectivity index (χ2v) is 3.63. The van der Waals surface area contributed by atoms with E-state index in [2.05, 4.69) is 24.3 Å². The maximum atomic E-state index is 5.51. The van der Waals surface area contributed by atoms with Crippen molar-refractivity contribution in [2.24, 2.45) is 5.41 Å². The maximum absolute atomic E-state index is 5.51. The van der Waals surface area contributed by atoms with Gasteiger partial charge in [0.05, 0.1) is 13.2 Å². The lowest BCUT2D eigenvalue weighted by atomic mass is 9.83. The van der Waals surface area contributed by atoms with Crippen molar-refractivity contribution >= 4 is 0 Å². The summed E-state index contributed by atoms with van der Waals surface area (Å²) in [7, 11) is 0. The van der Waals surface area contributed by atoms with Crippen molar-refractivity contribution < 1.29 is 9.47 Å². The summed E-state index contributed by atoms with van der Waals surface area (Å²) in [5.74, 6) is 0. The first-order valence-electron chi connectivity index (χ1n) is 5.33. The van der Waals surface area contributed by atoms with Gasteiger partial charge in [0, 0.05) is 18.6 Å². The first-order chi connectivity index (χ1) is 6.83. The summed E-state index contributed by atoms with van der Waals surface area (Å²) in [4.78, 5) is 0. The number of allylic oxidation sites excluding steroid dienone is 3. The Morgan fingerprint density at radius 3 is 2.14 bits per heavy atom. The van der Waals surface area contributed by atoms with Crippen molar-refractivity contribution in [3.8, 4) is 0 Å². The zero-order valence-corrected chi connectivity index (χ0v) is 9.16. The summed E-state index contributed by atoms with van der Waals surface area (Å²) in [5.41, 5.74) is 0.0702. The third-order valence-electron chi connectivity index (χ3n) is 2.41. The van der Waals surface area contributed by atoms with E-state index in [1.54, 1.807) is 0 Å². The minimum Gasteiger partial charge on any atom is -0.381 e. The van der Waals surface area contributed by atoms with E-state index >= 15 is 0 Å². The molecule has 0 bridgehead atoms. The van der Waals surface area contributed by atoms with Crippen molar-refractivity contribution in [2.75, 3.05) is 26.4 Å². The highest BCUT2D eigenvalue weighted by Gasteiger charge is 2.27. The summed E-state index contributed by atoms with van der Waals surface area (Å²) in [6.45, 7) is 7.10. The average molecular weight is 196 g/mol. The molecule has 1 rings (SSSR count). The molecule has 0 spiro atoms. The minimum absolute atomic E-state index is 0.0702. The van der Waals surface area contributed by atoms with Crippen molar-refractivity contribution in [1.82, 2.24) is 0 Å². The predicted molar refractivity (Wildman–Crippen MR) is 58.3 cm³/mol. The Labute approximate surface area is 86.6 Å². The molecule has 0 saturated heterocycles. The molecule has 0 saturated carbocycles. The van der Waals surface area contributed by atoms with Crippen LogP contribution in [-0.4, -0.2) is 26.4 Å². The SMILES string of the molecule is CCOCC1(COCC)C=CC=CC1. The Morgan fingerprint density at radius 2 is 1.71 bits per heavy atom. The Morgan fingerprint density at radius 1 is 1.07 bits per heavy atom. The molecule has 80 valence electrons. The van der Waals surface area contributed by atoms with Gasteiger partial charge in [-0.3, -0.25) is 0 Å². The van der Waals surface area contributed by atoms with E-state index in [0.29, 0.717) is 0 Å². The van der Waals surface area contributed by atoms with Gasteiger partial charge in [-0.25, -0.2) is 0 Å². The topological polar surface area (TPSA) is 18.5 Å². The van der Waals surface area contributed by atoms with E-state index in [9.17, 15) is 0 Å². The van der Waals surface area contributed by atoms with E-state index < -0.39 is 0 Å². The van der Waals surface area contributed by atoms with E-state index in [1.165, 1.54) is 0 Å². The molecule has 0 radical (unpaired) electrons. The molecule has 0 unspecified atom stereocenters. The standard InChI is InChI=1S/C12H20O2/c1-3-13-10-12(11-14-4-2)8-6-5-7-9-12/h5-8H,3-4,9-11H2,1-2H3. The third-order valence-corrected chi connectivity index (χ3v) is 2.41. The van der Waals surface area contributed by atoms with Gasteiger partial charge in [-0.15, -0.1) is 0 Å². The Balaban J connectivity index is 2.50. The Hall–Kier alpha value is -0.600. The summed E-state index contributed by atoms with van der Waals surface area (Å²) >= 11 is 0. The fraction of sp³-hybridized carbons (Fsp3) is 0.667. The van der Waals surface area contributed by atoms with E-state index in [1.807, 2.05) is 13.8 Å². The van der Waals surface area contributed by atoms with Gasteiger partial charge in [0.1, 0.15) is 0 Å². The summed E-state index contributed by atoms with van der Waals surface area (Å²) in [6.07, 6.45) is 9.57. The zero-order valence-electron chi connectivity index (χ0n) is 9.16. The van der Waals surface area contributed by atoms with Crippen LogP contribution < -0.4 is 0 Å². The summed E-state index contributed by atoms with van der Waals surface area (Å²) in [6, 6.07) is 0. The minimum atomic E-state index is 0.0702. The van der Waals surface area contributed by atoms with E-state index in [-0.39, 0.29) is 5.41 Å². The third kappa shape index (κ3) is 3.28. The molecular formula is C12H20O2. The Bertz CT molecular complexity index is 198. The molecule has 1 aliphatic carbocycles. The highest BCUT2D eigenvalue weighted by atomic mass is 16.5. The first-order valence-corrected chi connectivity index (χ1v) is 5.33. The van der Waals surface area contributed by atoms with Gasteiger partial charge in [-0.05, 0) is 20.3 Å². The molecule has 1 aliphatic rings. The molecule has 0 aromatic rings. The van der Waals surface area contributed by atoms with Crippen LogP contribution in [0.2, 0.25) is 0 Å². The molecule has 0 heterocycles. The number of ether oxygens (including phenoxy) is 2. The normalized spacial score (nSPS) is 18.7. The maximum Gasteiger partial charge on any atom is 0.0582 e. The van der Waals surface area contributed by atoms with Crippen molar-refractivity contribution in [3.63, 3.8) is 0 Å². The molecule has 0 aromatic carbocycles. The molecule has 0 aromatic heterocycles. The molecule has 0 aliphatic heterocycles. The fourth-order valence-electron chi connectivity index (χ4n) is 1.58. The lowest BCUT2D eigenvalue weighted by Gasteiger charge is -2.30. The molecule has 0 atom stereocenters. The van der Waals surface area contributed by atoms with Crippen LogP contribution in [0, 0.1) is 5.41 Å². The molecule has 0 N–H and O–H groups in total. The van der Waals surface area contributed by atoms with Crippen LogP contribution in [0.15, 0.2) is 24.3 Å². The number of rotatable bonds is 6. The second kappa shape index (κ2) is 5.99. The lowest BCUT2D eigenvalue weighted by Crippen LogP contribution is -2.31. The monoisotopic (exact) mass is 196 g/mol. The van der Waals surface area contributed by atoms with Gasteiger partial charge in [-0.1, -0.05) is 24.3 Å².